The molecule has 0 saturated carbocycles. The standard InChI is InChI=1S/C21H30N2O8/c1-13(24)30-15-9-7-8-14(10-15)11-16(23(27)28)18(25)17-12-29-21(5,6)22(17)19(26)31-20(2,3)4/h7-10,16-18,25H,11-12H2,1-6H3/t16-,17+,18-/m0/s1. The Hall–Kier alpha value is -2.72. The molecule has 1 saturated heterocycles. The molecule has 0 spiro atoms. The molecule has 0 radical (unpaired) electrons. The summed E-state index contributed by atoms with van der Waals surface area (Å²) in [5.74, 6) is -0.261. The predicted octanol–water partition coefficient (Wildman–Crippen LogP) is 2.53. The smallest absolute Gasteiger partial charge is 0.412 e. The van der Waals surface area contributed by atoms with Gasteiger partial charge in [-0.3, -0.25) is 19.8 Å². The zero-order chi connectivity index (χ0) is 23.6. The molecule has 1 amide bonds. The Balaban J connectivity index is 2.27. The number of nitrogens with zero attached hydrogens (tertiary/aromatic N) is 2. The van der Waals surface area contributed by atoms with E-state index in [0.717, 1.165) is 0 Å². The SMILES string of the molecule is CC(=O)Oc1cccc(C[C@@H]([C@H](O)[C@H]2COC(C)(C)N2C(=O)OC(C)(C)C)[N+](=O)[O-])c1. The first kappa shape index (κ1) is 24.5. The summed E-state index contributed by atoms with van der Waals surface area (Å²) in [6.45, 7) is 9.55. The fraction of sp³-hybridized carbons (Fsp3) is 0.619. The first-order valence-corrected chi connectivity index (χ1v) is 9.96. The number of esters is 1. The third-order valence-corrected chi connectivity index (χ3v) is 4.77. The van der Waals surface area contributed by atoms with E-state index < -0.39 is 46.5 Å². The van der Waals surface area contributed by atoms with Crippen molar-refractivity contribution in [2.24, 2.45) is 0 Å². The Morgan fingerprint density at radius 3 is 2.58 bits per heavy atom. The Labute approximate surface area is 181 Å². The van der Waals surface area contributed by atoms with Crippen molar-refractivity contribution >= 4 is 12.1 Å². The Kier molecular flexibility index (Phi) is 7.28. The van der Waals surface area contributed by atoms with Crippen LogP contribution in [0.4, 0.5) is 4.79 Å². The topological polar surface area (TPSA) is 128 Å². The molecule has 1 aliphatic heterocycles. The first-order valence-electron chi connectivity index (χ1n) is 9.96. The van der Waals surface area contributed by atoms with Crippen molar-refractivity contribution in [3.05, 3.63) is 39.9 Å². The van der Waals surface area contributed by atoms with Gasteiger partial charge in [0.15, 0.2) is 0 Å². The molecule has 1 fully saturated rings. The second-order valence-electron chi connectivity index (χ2n) is 8.96. The number of ether oxygens (including phenoxy) is 3. The molecule has 1 heterocycles. The second kappa shape index (κ2) is 9.19. The van der Waals surface area contributed by atoms with Crippen LogP contribution in [-0.4, -0.2) is 63.1 Å². The normalized spacial score (nSPS) is 20.1. The van der Waals surface area contributed by atoms with Gasteiger partial charge in [0.25, 0.3) is 0 Å². The van der Waals surface area contributed by atoms with Crippen LogP contribution in [0.5, 0.6) is 5.75 Å². The molecular formula is C21H30N2O8. The molecular weight excluding hydrogens is 408 g/mol. The highest BCUT2D eigenvalue weighted by atomic mass is 16.6. The minimum Gasteiger partial charge on any atom is -0.444 e. The molecule has 1 aromatic rings. The summed E-state index contributed by atoms with van der Waals surface area (Å²) in [7, 11) is 0. The molecule has 1 N–H and O–H groups in total. The van der Waals surface area contributed by atoms with Crippen LogP contribution in [0, 0.1) is 10.1 Å². The van der Waals surface area contributed by atoms with E-state index in [2.05, 4.69) is 0 Å². The Bertz CT molecular complexity index is 833. The van der Waals surface area contributed by atoms with Crippen molar-refractivity contribution in [3.63, 3.8) is 0 Å². The summed E-state index contributed by atoms with van der Waals surface area (Å²) in [6.07, 6.45) is -2.39. The number of aliphatic hydroxyl groups excluding tert-OH is 1. The fourth-order valence-corrected chi connectivity index (χ4v) is 3.47. The van der Waals surface area contributed by atoms with Crippen molar-refractivity contribution in [2.75, 3.05) is 6.61 Å². The van der Waals surface area contributed by atoms with Crippen LogP contribution < -0.4 is 4.74 Å². The highest BCUT2D eigenvalue weighted by Gasteiger charge is 2.52. The largest absolute Gasteiger partial charge is 0.444 e. The van der Waals surface area contributed by atoms with Gasteiger partial charge in [0.1, 0.15) is 23.2 Å². The van der Waals surface area contributed by atoms with Gasteiger partial charge in [0, 0.05) is 18.3 Å². The number of rotatable bonds is 6. The number of aliphatic hydroxyl groups is 1. The minimum absolute atomic E-state index is 0.0781. The van der Waals surface area contributed by atoms with E-state index in [1.165, 1.54) is 17.9 Å². The highest BCUT2D eigenvalue weighted by Crippen LogP contribution is 2.32. The number of hydrogen-bond donors (Lipinski definition) is 1. The van der Waals surface area contributed by atoms with E-state index in [0.29, 0.717) is 5.56 Å². The first-order chi connectivity index (χ1) is 14.2. The molecule has 3 atom stereocenters. The van der Waals surface area contributed by atoms with E-state index in [1.807, 2.05) is 0 Å². The van der Waals surface area contributed by atoms with Gasteiger partial charge in [0.2, 0.25) is 6.04 Å². The van der Waals surface area contributed by atoms with Gasteiger partial charge < -0.3 is 19.3 Å². The van der Waals surface area contributed by atoms with E-state index in [4.69, 9.17) is 14.2 Å². The molecule has 2 rings (SSSR count). The summed E-state index contributed by atoms with van der Waals surface area (Å²) in [5, 5.41) is 22.8. The lowest BCUT2D eigenvalue weighted by Crippen LogP contribution is -2.57. The number of benzene rings is 1. The van der Waals surface area contributed by atoms with Crippen LogP contribution in [0.2, 0.25) is 0 Å². The van der Waals surface area contributed by atoms with Crippen molar-refractivity contribution in [3.8, 4) is 5.75 Å². The van der Waals surface area contributed by atoms with Gasteiger partial charge in [-0.2, -0.15) is 0 Å². The lowest BCUT2D eigenvalue weighted by molar-refractivity contribution is -0.535. The molecule has 0 aliphatic carbocycles. The van der Waals surface area contributed by atoms with Crippen molar-refractivity contribution in [1.29, 1.82) is 0 Å². The zero-order valence-electron chi connectivity index (χ0n) is 18.7. The van der Waals surface area contributed by atoms with Gasteiger partial charge in [-0.1, -0.05) is 12.1 Å². The average molecular weight is 438 g/mol. The maximum absolute atomic E-state index is 12.8. The number of carbonyl (C=O) groups is 2. The quantitative estimate of drug-likeness (QED) is 0.310. The summed E-state index contributed by atoms with van der Waals surface area (Å²) in [5.41, 5.74) is -1.39. The van der Waals surface area contributed by atoms with E-state index >= 15 is 0 Å². The van der Waals surface area contributed by atoms with E-state index in [9.17, 15) is 24.8 Å². The second-order valence-corrected chi connectivity index (χ2v) is 8.96. The minimum atomic E-state index is -1.53. The van der Waals surface area contributed by atoms with Crippen LogP contribution in [0.3, 0.4) is 0 Å². The summed E-state index contributed by atoms with van der Waals surface area (Å²) < 4.78 is 16.1. The van der Waals surface area contributed by atoms with Crippen molar-refractivity contribution in [1.82, 2.24) is 4.90 Å². The molecule has 31 heavy (non-hydrogen) atoms. The predicted molar refractivity (Wildman–Crippen MR) is 110 cm³/mol. The maximum atomic E-state index is 12.8. The molecule has 10 nitrogen and oxygen atoms in total. The zero-order valence-corrected chi connectivity index (χ0v) is 18.7. The molecule has 0 unspecified atom stereocenters. The lowest BCUT2D eigenvalue weighted by atomic mass is 9.96. The fourth-order valence-electron chi connectivity index (χ4n) is 3.47. The lowest BCUT2D eigenvalue weighted by Gasteiger charge is -2.36. The number of carbonyl (C=O) groups excluding carboxylic acids is 2. The maximum Gasteiger partial charge on any atom is 0.412 e. The molecule has 172 valence electrons. The van der Waals surface area contributed by atoms with Crippen LogP contribution in [-0.2, 0) is 20.7 Å². The van der Waals surface area contributed by atoms with Crippen LogP contribution in [0.15, 0.2) is 24.3 Å². The summed E-state index contributed by atoms with van der Waals surface area (Å²) in [6, 6.07) is 3.89. The Morgan fingerprint density at radius 2 is 2.03 bits per heavy atom. The number of nitro groups is 1. The van der Waals surface area contributed by atoms with Crippen LogP contribution >= 0.6 is 0 Å². The highest BCUT2D eigenvalue weighted by molar-refractivity contribution is 5.70. The van der Waals surface area contributed by atoms with Gasteiger partial charge >= 0.3 is 12.1 Å². The number of amides is 1. The molecule has 0 aromatic heterocycles. The van der Waals surface area contributed by atoms with Gasteiger partial charge in [0.05, 0.1) is 12.6 Å². The average Bonchev–Trinajstić information content (AvgIpc) is 2.92. The number of hydrogen-bond acceptors (Lipinski definition) is 8. The summed E-state index contributed by atoms with van der Waals surface area (Å²) >= 11 is 0. The van der Waals surface area contributed by atoms with E-state index in [1.54, 1.807) is 52.8 Å². The summed E-state index contributed by atoms with van der Waals surface area (Å²) in [4.78, 5) is 36.4. The molecule has 10 heteroatoms. The Morgan fingerprint density at radius 1 is 1.39 bits per heavy atom. The van der Waals surface area contributed by atoms with Gasteiger partial charge in [-0.15, -0.1) is 0 Å². The van der Waals surface area contributed by atoms with Crippen LogP contribution in [0.25, 0.3) is 0 Å². The third-order valence-electron chi connectivity index (χ3n) is 4.77. The van der Waals surface area contributed by atoms with Crippen molar-refractivity contribution < 1.29 is 33.8 Å². The molecule has 1 aliphatic rings. The monoisotopic (exact) mass is 438 g/mol. The van der Waals surface area contributed by atoms with Gasteiger partial charge in [-0.25, -0.2) is 4.79 Å². The third kappa shape index (κ3) is 6.38. The van der Waals surface area contributed by atoms with Gasteiger partial charge in [-0.05, 0) is 52.3 Å². The van der Waals surface area contributed by atoms with Crippen molar-refractivity contribution in [2.45, 2.75) is 77.5 Å². The van der Waals surface area contributed by atoms with E-state index in [-0.39, 0.29) is 18.8 Å². The molecule has 0 bridgehead atoms. The molecule has 1 aromatic carbocycles. The van der Waals surface area contributed by atoms with Crippen LogP contribution in [0.1, 0.15) is 47.1 Å².